The Morgan fingerprint density at radius 1 is 1.46 bits per heavy atom. The topological polar surface area (TPSA) is 95.9 Å². The van der Waals surface area contributed by atoms with E-state index < -0.39 is 5.97 Å². The van der Waals surface area contributed by atoms with Crippen molar-refractivity contribution in [3.8, 4) is 5.82 Å². The maximum atomic E-state index is 11.9. The summed E-state index contributed by atoms with van der Waals surface area (Å²) in [6, 6.07) is 0. The smallest absolute Gasteiger partial charge is 0.343 e. The number of carbonyl (C=O) groups is 1. The number of hydrogen-bond donors (Lipinski definition) is 1. The quantitative estimate of drug-likeness (QED) is 0.711. The molecule has 0 aliphatic heterocycles. The Morgan fingerprint density at radius 2 is 2.27 bits per heavy atom. The molecule has 0 fully saturated rings. The average Bonchev–Trinajstić information content (AvgIpc) is 3.19. The summed E-state index contributed by atoms with van der Waals surface area (Å²) >= 11 is 1.74. The molecule has 2 N–H and O–H groups in total. The minimum Gasteiger partial charge on any atom is -0.465 e. The van der Waals surface area contributed by atoms with Gasteiger partial charge in [-0.15, -0.1) is 11.3 Å². The van der Waals surface area contributed by atoms with Crippen LogP contribution < -0.4 is 5.73 Å². The Kier molecular flexibility index (Phi) is 4.14. The molecule has 0 radical (unpaired) electrons. The highest BCUT2D eigenvalue weighted by Crippen LogP contribution is 2.39. The van der Waals surface area contributed by atoms with E-state index in [-0.39, 0.29) is 11.4 Å². The number of ether oxygens (including phenoxy) is 1. The average molecular weight is 371 g/mol. The predicted octanol–water partition coefficient (Wildman–Crippen LogP) is 2.93. The van der Waals surface area contributed by atoms with Crippen LogP contribution in [0.5, 0.6) is 0 Å². The summed E-state index contributed by atoms with van der Waals surface area (Å²) in [6.45, 7) is 4.30. The number of rotatable bonds is 3. The molecule has 3 heterocycles. The third kappa shape index (κ3) is 2.56. The maximum absolute atomic E-state index is 11.9. The van der Waals surface area contributed by atoms with Crippen molar-refractivity contribution >= 4 is 33.3 Å². The molecular formula is C18H21N5O2S. The number of thiophene rings is 1. The number of methoxy groups -OCH3 is 1. The molecule has 0 unspecified atom stereocenters. The second kappa shape index (κ2) is 6.35. The number of aryl methyl sites for hydroxylation is 2. The molecule has 7 nitrogen and oxygen atoms in total. The number of fused-ring (bicyclic) bond motifs is 3. The lowest BCUT2D eigenvalue weighted by Gasteiger charge is -2.18. The van der Waals surface area contributed by atoms with E-state index in [1.165, 1.54) is 23.7 Å². The van der Waals surface area contributed by atoms with Crippen LogP contribution in [0.25, 0.3) is 16.0 Å². The summed E-state index contributed by atoms with van der Waals surface area (Å²) in [6.07, 6.45) is 5.37. The van der Waals surface area contributed by atoms with Gasteiger partial charge in [0.1, 0.15) is 22.0 Å². The predicted molar refractivity (Wildman–Crippen MR) is 101 cm³/mol. The highest BCUT2D eigenvalue weighted by molar-refractivity contribution is 7.18. The van der Waals surface area contributed by atoms with E-state index >= 15 is 0 Å². The molecule has 26 heavy (non-hydrogen) atoms. The number of aromatic nitrogens is 4. The SMILES string of the molecule is CCc1nc(-n2ncc(C(=O)OC)c2N)c2c3c(sc2n1)C[C@@H](C)CC3. The summed E-state index contributed by atoms with van der Waals surface area (Å²) < 4.78 is 6.33. The second-order valence-electron chi connectivity index (χ2n) is 6.70. The van der Waals surface area contributed by atoms with Crippen molar-refractivity contribution < 1.29 is 9.53 Å². The van der Waals surface area contributed by atoms with E-state index in [1.807, 2.05) is 6.92 Å². The van der Waals surface area contributed by atoms with Gasteiger partial charge in [-0.1, -0.05) is 13.8 Å². The van der Waals surface area contributed by atoms with Crippen LogP contribution in [0.2, 0.25) is 0 Å². The van der Waals surface area contributed by atoms with Gasteiger partial charge in [0, 0.05) is 11.3 Å². The number of esters is 1. The molecule has 136 valence electrons. The van der Waals surface area contributed by atoms with Crippen LogP contribution in [0.15, 0.2) is 6.20 Å². The Balaban J connectivity index is 1.97. The van der Waals surface area contributed by atoms with Crippen molar-refractivity contribution in [3.63, 3.8) is 0 Å². The summed E-state index contributed by atoms with van der Waals surface area (Å²) in [5.41, 5.74) is 7.75. The molecule has 0 aromatic carbocycles. The molecule has 3 aromatic rings. The highest BCUT2D eigenvalue weighted by Gasteiger charge is 2.26. The first-order chi connectivity index (χ1) is 12.5. The van der Waals surface area contributed by atoms with Gasteiger partial charge in [-0.3, -0.25) is 0 Å². The Labute approximate surface area is 155 Å². The first-order valence-electron chi connectivity index (χ1n) is 8.76. The van der Waals surface area contributed by atoms with Gasteiger partial charge in [0.2, 0.25) is 0 Å². The summed E-state index contributed by atoms with van der Waals surface area (Å²) in [4.78, 5) is 23.7. The summed E-state index contributed by atoms with van der Waals surface area (Å²) in [7, 11) is 1.33. The molecule has 3 aromatic heterocycles. The molecule has 0 saturated carbocycles. The minimum atomic E-state index is -0.504. The molecule has 0 spiro atoms. The van der Waals surface area contributed by atoms with Gasteiger partial charge in [0.25, 0.3) is 0 Å². The number of nitrogen functional groups attached to an aromatic ring is 1. The molecule has 8 heteroatoms. The second-order valence-corrected chi connectivity index (χ2v) is 7.78. The zero-order chi connectivity index (χ0) is 18.4. The lowest BCUT2D eigenvalue weighted by atomic mass is 9.89. The molecule has 0 bridgehead atoms. The first-order valence-corrected chi connectivity index (χ1v) is 9.58. The Morgan fingerprint density at radius 3 is 3.00 bits per heavy atom. The molecule has 0 amide bonds. The van der Waals surface area contributed by atoms with Crippen molar-refractivity contribution in [2.75, 3.05) is 12.8 Å². The molecule has 1 atom stereocenters. The molecule has 0 saturated heterocycles. The standard InChI is InChI=1S/C18H21N5O2S/c1-4-13-21-16(23-15(19)11(8-20-23)18(24)25-3)14-10-6-5-9(2)7-12(10)26-17(14)22-13/h8-9H,4-7,19H2,1-3H3/t9-/m0/s1. The van der Waals surface area contributed by atoms with Crippen LogP contribution in [0.4, 0.5) is 5.82 Å². The fourth-order valence-electron chi connectivity index (χ4n) is 3.47. The van der Waals surface area contributed by atoms with Gasteiger partial charge in [-0.05, 0) is 30.7 Å². The van der Waals surface area contributed by atoms with Gasteiger partial charge in [-0.25, -0.2) is 14.8 Å². The van der Waals surface area contributed by atoms with E-state index in [1.54, 1.807) is 16.0 Å². The first kappa shape index (κ1) is 17.0. The van der Waals surface area contributed by atoms with E-state index in [0.717, 1.165) is 35.3 Å². The highest BCUT2D eigenvalue weighted by atomic mass is 32.1. The largest absolute Gasteiger partial charge is 0.465 e. The molecule has 1 aliphatic rings. The maximum Gasteiger partial charge on any atom is 0.343 e. The number of carbonyl (C=O) groups excluding carboxylic acids is 1. The fraction of sp³-hybridized carbons (Fsp3) is 0.444. The monoisotopic (exact) mass is 371 g/mol. The van der Waals surface area contributed by atoms with E-state index in [9.17, 15) is 4.79 Å². The van der Waals surface area contributed by atoms with Crippen LogP contribution in [0.1, 0.15) is 46.9 Å². The van der Waals surface area contributed by atoms with Crippen LogP contribution >= 0.6 is 11.3 Å². The number of anilines is 1. The molecule has 4 rings (SSSR count). The van der Waals surface area contributed by atoms with Gasteiger partial charge < -0.3 is 10.5 Å². The van der Waals surface area contributed by atoms with E-state index in [2.05, 4.69) is 12.0 Å². The number of nitrogens with two attached hydrogens (primary N) is 1. The number of nitrogens with zero attached hydrogens (tertiary/aromatic N) is 4. The molecule has 1 aliphatic carbocycles. The number of hydrogen-bond acceptors (Lipinski definition) is 7. The molecular weight excluding hydrogens is 350 g/mol. The van der Waals surface area contributed by atoms with Crippen molar-refractivity contribution in [2.24, 2.45) is 5.92 Å². The van der Waals surface area contributed by atoms with Crippen molar-refractivity contribution in [1.82, 2.24) is 19.7 Å². The van der Waals surface area contributed by atoms with Crippen LogP contribution in [0.3, 0.4) is 0 Å². The third-order valence-corrected chi connectivity index (χ3v) is 6.06. The van der Waals surface area contributed by atoms with E-state index in [0.29, 0.717) is 18.2 Å². The van der Waals surface area contributed by atoms with E-state index in [4.69, 9.17) is 20.4 Å². The van der Waals surface area contributed by atoms with Gasteiger partial charge in [-0.2, -0.15) is 9.78 Å². The summed E-state index contributed by atoms with van der Waals surface area (Å²) in [5.74, 6) is 1.82. The minimum absolute atomic E-state index is 0.239. The van der Waals surface area contributed by atoms with Gasteiger partial charge in [0.05, 0.1) is 18.7 Å². The van der Waals surface area contributed by atoms with Crippen LogP contribution in [-0.4, -0.2) is 32.8 Å². The van der Waals surface area contributed by atoms with Crippen LogP contribution in [-0.2, 0) is 24.0 Å². The zero-order valence-electron chi connectivity index (χ0n) is 15.1. The Bertz CT molecular complexity index is 1010. The lowest BCUT2D eigenvalue weighted by molar-refractivity contribution is 0.0602. The van der Waals surface area contributed by atoms with Gasteiger partial charge >= 0.3 is 5.97 Å². The third-order valence-electron chi connectivity index (χ3n) is 4.91. The lowest BCUT2D eigenvalue weighted by Crippen LogP contribution is -2.12. The van der Waals surface area contributed by atoms with Crippen molar-refractivity contribution in [3.05, 3.63) is 28.0 Å². The normalized spacial score (nSPS) is 16.7. The fourth-order valence-corrected chi connectivity index (χ4v) is 4.87. The van der Waals surface area contributed by atoms with Crippen LogP contribution in [0, 0.1) is 5.92 Å². The van der Waals surface area contributed by atoms with Crippen molar-refractivity contribution in [2.45, 2.75) is 39.5 Å². The zero-order valence-corrected chi connectivity index (χ0v) is 15.9. The van der Waals surface area contributed by atoms with Crippen molar-refractivity contribution in [1.29, 1.82) is 0 Å². The Hall–Kier alpha value is -2.48. The van der Waals surface area contributed by atoms with Gasteiger partial charge in [0.15, 0.2) is 5.82 Å². The summed E-state index contributed by atoms with van der Waals surface area (Å²) in [5, 5.41) is 5.34.